The van der Waals surface area contributed by atoms with Gasteiger partial charge in [0.2, 0.25) is 0 Å². The molecule has 8 heteroatoms. The minimum Gasteiger partial charge on any atom is -0.478 e. The van der Waals surface area contributed by atoms with Crippen LogP contribution in [0.15, 0.2) is 53.6 Å². The molecule has 0 saturated carbocycles. The summed E-state index contributed by atoms with van der Waals surface area (Å²) in [7, 11) is 1.51. The van der Waals surface area contributed by atoms with Crippen LogP contribution in [-0.4, -0.2) is 53.6 Å². The molecule has 0 aromatic heterocycles. The fourth-order valence-electron chi connectivity index (χ4n) is 4.12. The van der Waals surface area contributed by atoms with E-state index in [0.29, 0.717) is 29.8 Å². The summed E-state index contributed by atoms with van der Waals surface area (Å²) in [6.45, 7) is 1.06. The Morgan fingerprint density at radius 2 is 1.85 bits per heavy atom. The number of halogens is 3. The van der Waals surface area contributed by atoms with Crippen molar-refractivity contribution in [2.45, 2.75) is 38.8 Å². The Bertz CT molecular complexity index is 1040. The standard InChI is InChI=1S/C25H27F3N2O3/c1-3-4-9-23-21(22(15-33-2)29-30(23)16-25(26,27)28)14-17-10-12-18(13-11-17)19-7-5-6-8-20(19)24(31)32/h5-8,10-13,21H,3-4,9,14-16H2,1-2H3/p+1. The van der Waals surface area contributed by atoms with E-state index in [1.165, 1.54) is 7.11 Å². The van der Waals surface area contributed by atoms with Crippen LogP contribution < -0.4 is 0 Å². The smallest absolute Gasteiger partial charge is 0.451 e. The molecule has 0 spiro atoms. The molecule has 0 amide bonds. The Morgan fingerprint density at radius 1 is 1.15 bits per heavy atom. The summed E-state index contributed by atoms with van der Waals surface area (Å²) in [5, 5.41) is 13.7. The molecule has 0 saturated heterocycles. The van der Waals surface area contributed by atoms with E-state index >= 15 is 0 Å². The van der Waals surface area contributed by atoms with Gasteiger partial charge in [-0.25, -0.2) is 4.79 Å². The number of rotatable bonds is 10. The van der Waals surface area contributed by atoms with Gasteiger partial charge < -0.3 is 9.84 Å². The highest BCUT2D eigenvalue weighted by atomic mass is 19.4. The molecule has 2 aromatic rings. The number of ether oxygens (including phenoxy) is 1. The summed E-state index contributed by atoms with van der Waals surface area (Å²) in [5.74, 6) is -1.27. The highest BCUT2D eigenvalue weighted by Gasteiger charge is 2.43. The summed E-state index contributed by atoms with van der Waals surface area (Å²) in [6, 6.07) is 14.2. The highest BCUT2D eigenvalue weighted by Crippen LogP contribution is 2.27. The third-order valence-corrected chi connectivity index (χ3v) is 5.66. The van der Waals surface area contributed by atoms with E-state index < -0.39 is 18.7 Å². The van der Waals surface area contributed by atoms with Gasteiger partial charge in [-0.2, -0.15) is 13.2 Å². The van der Waals surface area contributed by atoms with Crippen LogP contribution in [0.5, 0.6) is 0 Å². The summed E-state index contributed by atoms with van der Waals surface area (Å²) >= 11 is 0. The van der Waals surface area contributed by atoms with Crippen molar-refractivity contribution in [1.29, 1.82) is 0 Å². The number of nitrogens with zero attached hydrogens (tertiary/aromatic N) is 2. The van der Waals surface area contributed by atoms with E-state index in [-0.39, 0.29) is 18.1 Å². The van der Waals surface area contributed by atoms with Crippen LogP contribution in [0.4, 0.5) is 13.2 Å². The van der Waals surface area contributed by atoms with Crippen molar-refractivity contribution in [2.24, 2.45) is 11.0 Å². The second-order valence-electron chi connectivity index (χ2n) is 8.10. The Balaban J connectivity index is 1.89. The average Bonchev–Trinajstić information content (AvgIpc) is 3.07. The number of benzene rings is 2. The highest BCUT2D eigenvalue weighted by molar-refractivity contribution is 6.08. The number of carboxylic acid groups (broad SMARTS) is 1. The van der Waals surface area contributed by atoms with Gasteiger partial charge in [0.05, 0.1) is 18.1 Å². The van der Waals surface area contributed by atoms with Crippen LogP contribution >= 0.6 is 0 Å². The molecule has 1 aliphatic rings. The van der Waals surface area contributed by atoms with Gasteiger partial charge in [-0.15, -0.1) is 0 Å². The van der Waals surface area contributed by atoms with Gasteiger partial charge >= 0.3 is 12.1 Å². The monoisotopic (exact) mass is 461 g/mol. The lowest BCUT2D eigenvalue weighted by atomic mass is 9.88. The Morgan fingerprint density at radius 3 is 2.45 bits per heavy atom. The molecule has 1 heterocycles. The second-order valence-corrected chi connectivity index (χ2v) is 8.10. The molecule has 0 fully saturated rings. The number of hydrogen-bond acceptors (Lipinski definition) is 3. The minimum absolute atomic E-state index is 0.165. The van der Waals surface area contributed by atoms with E-state index in [4.69, 9.17) is 4.74 Å². The number of carbonyl (C=O) groups is 1. The quantitative estimate of drug-likeness (QED) is 0.480. The van der Waals surface area contributed by atoms with Crippen molar-refractivity contribution in [1.82, 2.24) is 0 Å². The Labute approximate surface area is 191 Å². The average molecular weight is 462 g/mol. The Hall–Kier alpha value is -3.00. The molecule has 1 unspecified atom stereocenters. The molecular formula is C25H28F3N2O3+. The normalized spacial score (nSPS) is 16.3. The molecule has 1 atom stereocenters. The fourth-order valence-corrected chi connectivity index (χ4v) is 4.12. The van der Waals surface area contributed by atoms with Crippen molar-refractivity contribution in [2.75, 3.05) is 20.3 Å². The van der Waals surface area contributed by atoms with Crippen LogP contribution in [0.3, 0.4) is 0 Å². The summed E-state index contributed by atoms with van der Waals surface area (Å²) in [5.41, 5.74) is 3.79. The van der Waals surface area contributed by atoms with E-state index in [1.54, 1.807) is 24.3 Å². The third-order valence-electron chi connectivity index (χ3n) is 5.66. The second kappa shape index (κ2) is 10.7. The number of methoxy groups -OCH3 is 1. The lowest BCUT2D eigenvalue weighted by Crippen LogP contribution is -2.30. The lowest BCUT2D eigenvalue weighted by Gasteiger charge is -2.13. The van der Waals surface area contributed by atoms with E-state index in [0.717, 1.165) is 28.7 Å². The summed E-state index contributed by atoms with van der Waals surface area (Å²) < 4.78 is 45.8. The number of carboxylic acids is 1. The number of alkyl halides is 3. The number of hydrogen-bond donors (Lipinski definition) is 1. The van der Waals surface area contributed by atoms with Crippen molar-refractivity contribution >= 4 is 17.4 Å². The molecule has 1 N–H and O–H groups in total. The predicted molar refractivity (Wildman–Crippen MR) is 121 cm³/mol. The van der Waals surface area contributed by atoms with Crippen molar-refractivity contribution in [3.63, 3.8) is 0 Å². The Kier molecular flexibility index (Phi) is 8.02. The first-order valence-corrected chi connectivity index (χ1v) is 10.9. The molecule has 1 aliphatic heterocycles. The zero-order valence-electron chi connectivity index (χ0n) is 18.7. The molecular weight excluding hydrogens is 433 g/mol. The van der Waals surface area contributed by atoms with Gasteiger partial charge in [0.25, 0.3) is 6.54 Å². The van der Waals surface area contributed by atoms with Gasteiger partial charge in [0, 0.05) is 13.5 Å². The first-order valence-electron chi connectivity index (χ1n) is 10.9. The topological polar surface area (TPSA) is 61.9 Å². The van der Waals surface area contributed by atoms with E-state index in [9.17, 15) is 23.1 Å². The molecule has 5 nitrogen and oxygen atoms in total. The van der Waals surface area contributed by atoms with Crippen LogP contribution in [-0.2, 0) is 11.2 Å². The SMILES string of the molecule is CCCCC1=[N+](CC(F)(F)F)N=C(COC)C1Cc1ccc(-c2ccccc2C(=O)O)cc1. The van der Waals surface area contributed by atoms with Crippen LogP contribution in [0, 0.1) is 5.92 Å². The first kappa shape index (κ1) is 24.6. The summed E-state index contributed by atoms with van der Waals surface area (Å²) in [4.78, 5) is 11.5. The maximum Gasteiger partial charge on any atom is 0.451 e. The van der Waals surface area contributed by atoms with E-state index in [2.05, 4.69) is 5.10 Å². The lowest BCUT2D eigenvalue weighted by molar-refractivity contribution is -0.562. The minimum atomic E-state index is -4.35. The van der Waals surface area contributed by atoms with Gasteiger partial charge in [-0.1, -0.05) is 60.5 Å². The largest absolute Gasteiger partial charge is 0.478 e. The third kappa shape index (κ3) is 6.28. The molecule has 3 rings (SSSR count). The van der Waals surface area contributed by atoms with E-state index in [1.807, 2.05) is 31.2 Å². The number of aromatic carboxylic acids is 1. The van der Waals surface area contributed by atoms with Gasteiger partial charge in [0.15, 0.2) is 5.71 Å². The number of hydrazone groups is 1. The van der Waals surface area contributed by atoms with Crippen LogP contribution in [0.25, 0.3) is 11.1 Å². The molecule has 0 radical (unpaired) electrons. The van der Waals surface area contributed by atoms with Crippen molar-refractivity contribution in [3.8, 4) is 11.1 Å². The maximum absolute atomic E-state index is 13.2. The molecule has 176 valence electrons. The van der Waals surface area contributed by atoms with Gasteiger partial charge in [0.1, 0.15) is 5.71 Å². The maximum atomic E-state index is 13.2. The molecule has 0 aliphatic carbocycles. The first-order chi connectivity index (χ1) is 15.7. The van der Waals surface area contributed by atoms with Gasteiger partial charge in [-0.3, -0.25) is 0 Å². The van der Waals surface area contributed by atoms with Crippen molar-refractivity contribution in [3.05, 3.63) is 59.7 Å². The fraction of sp³-hybridized carbons (Fsp3) is 0.400. The van der Waals surface area contributed by atoms with Crippen LogP contribution in [0.2, 0.25) is 0 Å². The predicted octanol–water partition coefficient (Wildman–Crippen LogP) is 5.43. The number of unbranched alkanes of at least 4 members (excludes halogenated alkanes) is 1. The van der Waals surface area contributed by atoms with Gasteiger partial charge in [-0.05, 0) is 40.7 Å². The summed E-state index contributed by atoms with van der Waals surface area (Å²) in [6.07, 6.45) is -1.67. The molecule has 33 heavy (non-hydrogen) atoms. The zero-order valence-corrected chi connectivity index (χ0v) is 18.7. The van der Waals surface area contributed by atoms with Crippen molar-refractivity contribution < 1.29 is 32.5 Å². The van der Waals surface area contributed by atoms with Crippen LogP contribution in [0.1, 0.15) is 42.1 Å². The zero-order chi connectivity index (χ0) is 24.0. The molecule has 0 bridgehead atoms. The molecule has 2 aromatic carbocycles.